The Balaban J connectivity index is 2.92. The van der Waals surface area contributed by atoms with Crippen molar-refractivity contribution in [2.24, 2.45) is 0 Å². The molecule has 0 aliphatic carbocycles. The molecule has 2 amide bonds. The fraction of sp³-hybridized carbons (Fsp3) is 0.583. The highest BCUT2D eigenvalue weighted by atomic mass is 32.1. The Hall–Kier alpha value is -1.83. The summed E-state index contributed by atoms with van der Waals surface area (Å²) in [5.74, 6) is -0.217. The van der Waals surface area contributed by atoms with Crippen LogP contribution in [0.15, 0.2) is 0 Å². The van der Waals surface area contributed by atoms with Gasteiger partial charge in [0.25, 0.3) is 5.91 Å². The van der Waals surface area contributed by atoms with Gasteiger partial charge < -0.3 is 21.3 Å². The van der Waals surface area contributed by atoms with Crippen LogP contribution in [0.4, 0.5) is 10.8 Å². The minimum absolute atomic E-state index is 0.00418. The monoisotopic (exact) mass is 299 g/mol. The number of likely N-dealkylation sites (N-methyl/N-ethyl adjacent to an activating group) is 1. The molecule has 1 aromatic rings. The molecular formula is C12H21N5O2S. The van der Waals surface area contributed by atoms with Gasteiger partial charge in [0.15, 0.2) is 5.82 Å². The van der Waals surface area contributed by atoms with Crippen molar-refractivity contribution in [3.05, 3.63) is 5.56 Å². The average Bonchev–Trinajstić information content (AvgIpc) is 2.68. The van der Waals surface area contributed by atoms with Crippen molar-refractivity contribution in [1.82, 2.24) is 14.6 Å². The molecule has 0 aliphatic rings. The van der Waals surface area contributed by atoms with Crippen LogP contribution in [0.2, 0.25) is 0 Å². The summed E-state index contributed by atoms with van der Waals surface area (Å²) >= 11 is 1.07. The molecule has 0 saturated carbocycles. The molecule has 7 nitrogen and oxygen atoms in total. The standard InChI is InChI=1S/C12H21N5O2S/c1-6(2)14-10(18)8-9(13)16-20-11(8)15-7(3)12(19)17(4)5/h6-7,15H,1-5H3,(H2,13,16)(H,14,18). The van der Waals surface area contributed by atoms with Gasteiger partial charge >= 0.3 is 0 Å². The number of anilines is 2. The van der Waals surface area contributed by atoms with Crippen molar-refractivity contribution in [2.45, 2.75) is 32.9 Å². The van der Waals surface area contributed by atoms with E-state index < -0.39 is 6.04 Å². The SMILES string of the molecule is CC(C)NC(=O)c1c(N)nsc1NC(C)C(=O)N(C)C. The fourth-order valence-corrected chi connectivity index (χ4v) is 2.40. The molecule has 8 heteroatoms. The van der Waals surface area contributed by atoms with Crippen LogP contribution in [-0.4, -0.2) is 47.3 Å². The Bertz CT molecular complexity index is 498. The Morgan fingerprint density at radius 2 is 1.90 bits per heavy atom. The molecule has 0 aromatic carbocycles. The van der Waals surface area contributed by atoms with E-state index >= 15 is 0 Å². The average molecular weight is 299 g/mol. The lowest BCUT2D eigenvalue weighted by Gasteiger charge is -2.18. The number of amides is 2. The number of nitrogen functional groups attached to an aromatic ring is 1. The molecule has 4 N–H and O–H groups in total. The van der Waals surface area contributed by atoms with Gasteiger partial charge in [-0.05, 0) is 32.3 Å². The van der Waals surface area contributed by atoms with Crippen molar-refractivity contribution >= 4 is 34.2 Å². The number of rotatable bonds is 5. The van der Waals surface area contributed by atoms with Crippen LogP contribution in [0, 0.1) is 0 Å². The van der Waals surface area contributed by atoms with E-state index in [2.05, 4.69) is 15.0 Å². The van der Waals surface area contributed by atoms with E-state index in [0.717, 1.165) is 11.5 Å². The van der Waals surface area contributed by atoms with Gasteiger partial charge in [-0.1, -0.05) is 0 Å². The van der Waals surface area contributed by atoms with Crippen molar-refractivity contribution in [2.75, 3.05) is 25.1 Å². The highest BCUT2D eigenvalue weighted by Crippen LogP contribution is 2.27. The smallest absolute Gasteiger partial charge is 0.258 e. The molecule has 0 aliphatic heterocycles. The van der Waals surface area contributed by atoms with Crippen LogP contribution in [0.5, 0.6) is 0 Å². The molecule has 1 rings (SSSR count). The van der Waals surface area contributed by atoms with Gasteiger partial charge in [0.2, 0.25) is 5.91 Å². The number of hydrogen-bond donors (Lipinski definition) is 3. The number of nitrogens with zero attached hydrogens (tertiary/aromatic N) is 2. The summed E-state index contributed by atoms with van der Waals surface area (Å²) in [6.07, 6.45) is 0. The molecule has 1 aromatic heterocycles. The number of nitrogens with one attached hydrogen (secondary N) is 2. The number of nitrogens with two attached hydrogens (primary N) is 1. The van der Waals surface area contributed by atoms with Crippen molar-refractivity contribution in [1.29, 1.82) is 0 Å². The molecule has 0 fully saturated rings. The van der Waals surface area contributed by atoms with Crippen LogP contribution in [0.1, 0.15) is 31.1 Å². The van der Waals surface area contributed by atoms with E-state index in [9.17, 15) is 9.59 Å². The van der Waals surface area contributed by atoms with Gasteiger partial charge in [0, 0.05) is 20.1 Å². The lowest BCUT2D eigenvalue weighted by atomic mass is 10.2. The Morgan fingerprint density at radius 3 is 2.40 bits per heavy atom. The maximum absolute atomic E-state index is 12.1. The molecular weight excluding hydrogens is 278 g/mol. The highest BCUT2D eigenvalue weighted by Gasteiger charge is 2.23. The van der Waals surface area contributed by atoms with Gasteiger partial charge in [-0.3, -0.25) is 9.59 Å². The lowest BCUT2D eigenvalue weighted by Crippen LogP contribution is -2.37. The molecule has 112 valence electrons. The molecule has 0 radical (unpaired) electrons. The van der Waals surface area contributed by atoms with E-state index in [1.165, 1.54) is 4.90 Å². The van der Waals surface area contributed by atoms with Crippen LogP contribution in [0.25, 0.3) is 0 Å². The summed E-state index contributed by atoms with van der Waals surface area (Å²) in [5.41, 5.74) is 6.03. The van der Waals surface area contributed by atoms with E-state index in [1.54, 1.807) is 21.0 Å². The summed E-state index contributed by atoms with van der Waals surface area (Å²) in [7, 11) is 3.35. The Labute approximate surface area is 122 Å². The maximum Gasteiger partial charge on any atom is 0.258 e. The van der Waals surface area contributed by atoms with E-state index in [-0.39, 0.29) is 23.7 Å². The zero-order valence-corrected chi connectivity index (χ0v) is 13.2. The van der Waals surface area contributed by atoms with Gasteiger partial charge in [-0.2, -0.15) is 4.37 Å². The normalized spacial score (nSPS) is 12.1. The first-order chi connectivity index (χ1) is 9.23. The van der Waals surface area contributed by atoms with Crippen LogP contribution < -0.4 is 16.4 Å². The minimum atomic E-state index is -0.463. The molecule has 1 unspecified atom stereocenters. The molecule has 0 spiro atoms. The molecule has 20 heavy (non-hydrogen) atoms. The van der Waals surface area contributed by atoms with E-state index in [4.69, 9.17) is 5.73 Å². The summed E-state index contributed by atoms with van der Waals surface area (Å²) < 4.78 is 3.97. The zero-order chi connectivity index (χ0) is 15.4. The lowest BCUT2D eigenvalue weighted by molar-refractivity contribution is -0.129. The Kier molecular flexibility index (Phi) is 5.32. The van der Waals surface area contributed by atoms with Gasteiger partial charge in [0.1, 0.15) is 16.6 Å². The van der Waals surface area contributed by atoms with Crippen molar-refractivity contribution in [3.8, 4) is 0 Å². The summed E-state index contributed by atoms with van der Waals surface area (Å²) in [6, 6.07) is -0.467. The second kappa shape index (κ2) is 6.56. The molecule has 1 atom stereocenters. The van der Waals surface area contributed by atoms with E-state index in [1.807, 2.05) is 13.8 Å². The van der Waals surface area contributed by atoms with Crippen molar-refractivity contribution < 1.29 is 9.59 Å². The quantitative estimate of drug-likeness (QED) is 0.745. The van der Waals surface area contributed by atoms with Crippen LogP contribution >= 0.6 is 11.5 Å². The third kappa shape index (κ3) is 3.83. The second-order valence-electron chi connectivity index (χ2n) is 5.00. The third-order valence-corrected chi connectivity index (χ3v) is 3.32. The van der Waals surface area contributed by atoms with Crippen LogP contribution in [0.3, 0.4) is 0 Å². The number of carbonyl (C=O) groups excluding carboxylic acids is 2. The van der Waals surface area contributed by atoms with Gasteiger partial charge in [-0.25, -0.2) is 0 Å². The summed E-state index contributed by atoms with van der Waals surface area (Å²) in [5, 5.41) is 6.26. The highest BCUT2D eigenvalue weighted by molar-refractivity contribution is 7.11. The number of carbonyl (C=O) groups is 2. The van der Waals surface area contributed by atoms with Crippen LogP contribution in [-0.2, 0) is 4.79 Å². The molecule has 0 bridgehead atoms. The first-order valence-electron chi connectivity index (χ1n) is 6.27. The van der Waals surface area contributed by atoms with Gasteiger partial charge in [-0.15, -0.1) is 0 Å². The van der Waals surface area contributed by atoms with Gasteiger partial charge in [0.05, 0.1) is 0 Å². The minimum Gasteiger partial charge on any atom is -0.382 e. The Morgan fingerprint density at radius 1 is 1.30 bits per heavy atom. The number of hydrogen-bond acceptors (Lipinski definition) is 6. The fourth-order valence-electron chi connectivity index (χ4n) is 1.60. The first-order valence-corrected chi connectivity index (χ1v) is 7.05. The second-order valence-corrected chi connectivity index (χ2v) is 5.77. The van der Waals surface area contributed by atoms with Crippen molar-refractivity contribution in [3.63, 3.8) is 0 Å². The first kappa shape index (κ1) is 16.2. The predicted octanol–water partition coefficient (Wildman–Crippen LogP) is 0.752. The maximum atomic E-state index is 12.1. The molecule has 1 heterocycles. The molecule has 0 saturated heterocycles. The zero-order valence-electron chi connectivity index (χ0n) is 12.4. The summed E-state index contributed by atoms with van der Waals surface area (Å²) in [4.78, 5) is 25.4. The van der Waals surface area contributed by atoms with E-state index in [0.29, 0.717) is 10.6 Å². The summed E-state index contributed by atoms with van der Waals surface area (Å²) in [6.45, 7) is 5.45. The largest absolute Gasteiger partial charge is 0.382 e. The predicted molar refractivity (Wildman–Crippen MR) is 80.9 cm³/mol. The third-order valence-electron chi connectivity index (χ3n) is 2.52. The topological polar surface area (TPSA) is 100 Å². The number of aromatic nitrogens is 1.